The van der Waals surface area contributed by atoms with Crippen molar-refractivity contribution in [2.75, 3.05) is 13.2 Å². The lowest BCUT2D eigenvalue weighted by molar-refractivity contribution is -0.184. The van der Waals surface area contributed by atoms with E-state index in [4.69, 9.17) is 10.5 Å². The predicted octanol–water partition coefficient (Wildman–Crippen LogP) is 5.36. The maximum Gasteiger partial charge on any atom is 0.401 e. The Morgan fingerprint density at radius 2 is 1.86 bits per heavy atom. The number of halogens is 6. The Morgan fingerprint density at radius 3 is 2.49 bits per heavy atom. The largest absolute Gasteiger partial charge is 0.489 e. The number of H-pyrrole nitrogens is 1. The van der Waals surface area contributed by atoms with Crippen LogP contribution in [0.5, 0.6) is 11.5 Å². The molecule has 226 valence electrons. The zero-order valence-corrected chi connectivity index (χ0v) is 22.6. The van der Waals surface area contributed by atoms with Crippen LogP contribution in [0.25, 0.3) is 22.2 Å². The number of carbonyl (C=O) groups excluding carboxylic acids is 2. The van der Waals surface area contributed by atoms with Crippen LogP contribution in [-0.4, -0.2) is 47.7 Å². The SMILES string of the molecule is CC(CNC(=O)c1cc2c(OC(F)F)cccc2[nH]1)(c1cc2c(c(-c3ccc(F)cc3)n1)OC[C@]2(C)C(N)=O)C(F)(F)F. The molecule has 0 radical (unpaired) electrons. The van der Waals surface area contributed by atoms with E-state index < -0.39 is 53.5 Å². The molecule has 0 aliphatic carbocycles. The van der Waals surface area contributed by atoms with E-state index in [2.05, 4.69) is 20.0 Å². The molecule has 0 spiro atoms. The number of benzene rings is 2. The highest BCUT2D eigenvalue weighted by Crippen LogP contribution is 2.48. The van der Waals surface area contributed by atoms with E-state index in [0.717, 1.165) is 25.1 Å². The summed E-state index contributed by atoms with van der Waals surface area (Å²) in [6.07, 6.45) is -4.98. The summed E-state index contributed by atoms with van der Waals surface area (Å²) in [6.45, 7) is -2.14. The Morgan fingerprint density at radius 1 is 1.16 bits per heavy atom. The molecule has 2 amide bonds. The topological polar surface area (TPSA) is 119 Å². The van der Waals surface area contributed by atoms with E-state index in [1.165, 1.54) is 43.3 Å². The van der Waals surface area contributed by atoms with Gasteiger partial charge in [0.25, 0.3) is 5.91 Å². The highest BCUT2D eigenvalue weighted by molar-refractivity contribution is 5.99. The lowest BCUT2D eigenvalue weighted by atomic mass is 9.79. The summed E-state index contributed by atoms with van der Waals surface area (Å²) >= 11 is 0. The maximum atomic E-state index is 14.8. The molecule has 2 aromatic carbocycles. The molecule has 0 bridgehead atoms. The van der Waals surface area contributed by atoms with Gasteiger partial charge in [-0.05, 0) is 62.4 Å². The van der Waals surface area contributed by atoms with Crippen LogP contribution in [0.1, 0.15) is 35.6 Å². The first-order valence-electron chi connectivity index (χ1n) is 12.8. The number of nitrogens with two attached hydrogens (primary N) is 1. The van der Waals surface area contributed by atoms with Crippen molar-refractivity contribution in [1.82, 2.24) is 15.3 Å². The summed E-state index contributed by atoms with van der Waals surface area (Å²) in [5, 5.41) is 2.38. The first-order chi connectivity index (χ1) is 20.1. The number of fused-ring (bicyclic) bond motifs is 2. The van der Waals surface area contributed by atoms with Crippen molar-refractivity contribution in [3.8, 4) is 22.8 Å². The molecule has 0 fully saturated rings. The summed E-state index contributed by atoms with van der Waals surface area (Å²) < 4.78 is 93.8. The third-order valence-electron chi connectivity index (χ3n) is 7.61. The minimum Gasteiger partial charge on any atom is -0.489 e. The number of nitrogens with one attached hydrogen (secondary N) is 2. The van der Waals surface area contributed by atoms with Crippen molar-refractivity contribution in [2.24, 2.45) is 5.73 Å². The van der Waals surface area contributed by atoms with Crippen molar-refractivity contribution in [3.63, 3.8) is 0 Å². The highest BCUT2D eigenvalue weighted by atomic mass is 19.4. The average molecular weight is 607 g/mol. The molecule has 0 saturated carbocycles. The quantitative estimate of drug-likeness (QED) is 0.234. The van der Waals surface area contributed by atoms with Gasteiger partial charge in [-0.1, -0.05) is 6.07 Å². The van der Waals surface area contributed by atoms with Gasteiger partial charge in [-0.15, -0.1) is 0 Å². The molecule has 2 atom stereocenters. The monoisotopic (exact) mass is 606 g/mol. The predicted molar refractivity (Wildman–Crippen MR) is 142 cm³/mol. The van der Waals surface area contributed by atoms with E-state index in [-0.39, 0.29) is 51.5 Å². The Balaban J connectivity index is 1.55. The Hall–Kier alpha value is -4.75. The van der Waals surface area contributed by atoms with E-state index >= 15 is 0 Å². The van der Waals surface area contributed by atoms with Gasteiger partial charge < -0.3 is 25.5 Å². The van der Waals surface area contributed by atoms with E-state index in [1.54, 1.807) is 0 Å². The van der Waals surface area contributed by atoms with E-state index in [1.807, 2.05) is 0 Å². The Kier molecular flexibility index (Phi) is 7.27. The second kappa shape index (κ2) is 10.5. The van der Waals surface area contributed by atoms with Crippen LogP contribution < -0.4 is 20.5 Å². The van der Waals surface area contributed by atoms with Gasteiger partial charge in [0.15, 0.2) is 0 Å². The van der Waals surface area contributed by atoms with Crippen LogP contribution in [0.2, 0.25) is 0 Å². The van der Waals surface area contributed by atoms with Gasteiger partial charge in [0.2, 0.25) is 5.91 Å². The van der Waals surface area contributed by atoms with Crippen molar-refractivity contribution >= 4 is 22.7 Å². The number of nitrogens with zero attached hydrogens (tertiary/aromatic N) is 1. The molecular formula is C29H24F6N4O4. The molecule has 3 heterocycles. The number of amides is 2. The van der Waals surface area contributed by atoms with Crippen molar-refractivity contribution in [2.45, 2.75) is 37.5 Å². The molecule has 1 aliphatic rings. The zero-order valence-electron chi connectivity index (χ0n) is 22.6. The highest BCUT2D eigenvalue weighted by Gasteiger charge is 2.55. The lowest BCUT2D eigenvalue weighted by Crippen LogP contribution is -2.49. The molecule has 0 saturated heterocycles. The Bertz CT molecular complexity index is 1720. The van der Waals surface area contributed by atoms with Crippen LogP contribution in [0.3, 0.4) is 0 Å². The third kappa shape index (κ3) is 5.21. The summed E-state index contributed by atoms with van der Waals surface area (Å²) in [7, 11) is 0. The maximum absolute atomic E-state index is 14.8. The fourth-order valence-electron chi connectivity index (χ4n) is 4.81. The van der Waals surface area contributed by atoms with Gasteiger partial charge >= 0.3 is 12.8 Å². The molecular weight excluding hydrogens is 582 g/mol. The van der Waals surface area contributed by atoms with Gasteiger partial charge in [0, 0.05) is 28.6 Å². The van der Waals surface area contributed by atoms with Crippen LogP contribution in [0, 0.1) is 5.82 Å². The third-order valence-corrected chi connectivity index (χ3v) is 7.61. The van der Waals surface area contributed by atoms with Gasteiger partial charge in [-0.2, -0.15) is 22.0 Å². The second-order valence-electron chi connectivity index (χ2n) is 10.5. The number of pyridine rings is 1. The molecule has 43 heavy (non-hydrogen) atoms. The van der Waals surface area contributed by atoms with Gasteiger partial charge in [-0.3, -0.25) is 9.59 Å². The molecule has 4 N–H and O–H groups in total. The fraction of sp³-hybridized carbons (Fsp3) is 0.276. The number of ether oxygens (including phenoxy) is 2. The first kappa shape index (κ1) is 29.7. The zero-order chi connectivity index (χ0) is 31.3. The number of alkyl halides is 5. The molecule has 1 unspecified atom stereocenters. The molecule has 5 rings (SSSR count). The standard InChI is InChI=1S/C29H24F6N4O4/c1-27(25(36)41)13-42-23-17(27)11-21(39-22(23)14-6-8-15(30)9-7-14)28(2,29(33,34)35)12-37-24(40)19-10-16-18(38-19)4-3-5-20(16)43-26(31)32/h3-11,26,38H,12-13H2,1-2H3,(H2,36,41)(H,37,40)/t27-,28?/m0/s1. The molecule has 14 heteroatoms. The number of primary amides is 1. The Labute approximate surface area is 240 Å². The number of carbonyl (C=O) groups is 2. The molecule has 1 aliphatic heterocycles. The number of rotatable bonds is 8. The van der Waals surface area contributed by atoms with E-state index in [9.17, 15) is 35.9 Å². The fourth-order valence-corrected chi connectivity index (χ4v) is 4.81. The van der Waals surface area contributed by atoms with Crippen molar-refractivity contribution in [1.29, 1.82) is 0 Å². The van der Waals surface area contributed by atoms with Crippen LogP contribution in [-0.2, 0) is 15.6 Å². The van der Waals surface area contributed by atoms with Crippen molar-refractivity contribution < 1.29 is 45.4 Å². The van der Waals surface area contributed by atoms with Crippen LogP contribution in [0.4, 0.5) is 26.3 Å². The number of hydrogen-bond acceptors (Lipinski definition) is 5. The van der Waals surface area contributed by atoms with Gasteiger partial charge in [-0.25, -0.2) is 9.37 Å². The first-order valence-corrected chi connectivity index (χ1v) is 12.8. The minimum absolute atomic E-state index is 0.0325. The van der Waals surface area contributed by atoms with Gasteiger partial charge in [0.05, 0.1) is 5.69 Å². The smallest absolute Gasteiger partial charge is 0.401 e. The summed E-state index contributed by atoms with van der Waals surface area (Å²) in [5.74, 6) is -2.58. The van der Waals surface area contributed by atoms with Crippen LogP contribution in [0.15, 0.2) is 54.6 Å². The summed E-state index contributed by atoms with van der Waals surface area (Å²) in [4.78, 5) is 32.4. The second-order valence-corrected chi connectivity index (χ2v) is 10.5. The lowest BCUT2D eigenvalue weighted by Gasteiger charge is -2.33. The van der Waals surface area contributed by atoms with Crippen molar-refractivity contribution in [3.05, 3.63) is 77.4 Å². The van der Waals surface area contributed by atoms with Gasteiger partial charge in [0.1, 0.15) is 46.1 Å². The normalized spacial score (nSPS) is 17.8. The average Bonchev–Trinajstić information content (AvgIpc) is 3.54. The van der Waals surface area contributed by atoms with Crippen LogP contribution >= 0.6 is 0 Å². The number of aromatic amines is 1. The number of aromatic nitrogens is 2. The van der Waals surface area contributed by atoms with E-state index in [0.29, 0.717) is 0 Å². The minimum atomic E-state index is -4.98. The summed E-state index contributed by atoms with van der Waals surface area (Å²) in [6, 6.07) is 11.2. The number of hydrogen-bond donors (Lipinski definition) is 3. The molecule has 4 aromatic rings. The summed E-state index contributed by atoms with van der Waals surface area (Å²) in [5.41, 5.74) is 1.00. The molecule has 8 nitrogen and oxygen atoms in total. The molecule has 2 aromatic heterocycles.